The summed E-state index contributed by atoms with van der Waals surface area (Å²) in [5.74, 6) is -1.34. The average Bonchev–Trinajstić information content (AvgIpc) is 3.00. The summed E-state index contributed by atoms with van der Waals surface area (Å²) in [7, 11) is 5.52. The number of carbonyl (C=O) groups is 2. The van der Waals surface area contributed by atoms with E-state index in [0.717, 1.165) is 32.5 Å². The average molecular weight is 640 g/mol. The topological polar surface area (TPSA) is 101 Å². The number of carbonyl (C=O) groups excluding carboxylic acids is 2. The molecule has 45 heavy (non-hydrogen) atoms. The van der Waals surface area contributed by atoms with Crippen LogP contribution < -0.4 is 0 Å². The lowest BCUT2D eigenvalue weighted by Crippen LogP contribution is -2.59. The van der Waals surface area contributed by atoms with Crippen LogP contribution in [0.4, 0.5) is 0 Å². The van der Waals surface area contributed by atoms with E-state index in [9.17, 15) is 14.7 Å². The predicted molar refractivity (Wildman–Crippen MR) is 176 cm³/mol. The maximum atomic E-state index is 14.2. The fraction of sp³-hybridized carbons (Fsp3) is 0.943. The summed E-state index contributed by atoms with van der Waals surface area (Å²) in [5.41, 5.74) is -2.29. The minimum Gasteiger partial charge on any atom is -0.463 e. The summed E-state index contributed by atoms with van der Waals surface area (Å²) >= 11 is 0. The number of aliphatic hydroxyl groups is 1. The highest BCUT2D eigenvalue weighted by atomic mass is 16.7. The van der Waals surface area contributed by atoms with E-state index in [1.54, 1.807) is 27.9 Å². The largest absolute Gasteiger partial charge is 0.463 e. The van der Waals surface area contributed by atoms with Gasteiger partial charge in [0.1, 0.15) is 18.1 Å². The van der Waals surface area contributed by atoms with Crippen molar-refractivity contribution in [3.05, 3.63) is 0 Å². The van der Waals surface area contributed by atoms with Crippen molar-refractivity contribution in [2.45, 2.75) is 136 Å². The molecular formula is C35H65N3O7. The monoisotopic (exact) mass is 639 g/mol. The van der Waals surface area contributed by atoms with E-state index < -0.39 is 41.4 Å². The first-order valence-electron chi connectivity index (χ1n) is 17.5. The van der Waals surface area contributed by atoms with E-state index in [2.05, 4.69) is 23.6 Å². The summed E-state index contributed by atoms with van der Waals surface area (Å²) in [6, 6.07) is -0.102. The van der Waals surface area contributed by atoms with Crippen LogP contribution in [0.15, 0.2) is 0 Å². The predicted octanol–water partition coefficient (Wildman–Crippen LogP) is 3.97. The molecule has 0 saturated carbocycles. The molecule has 0 bridgehead atoms. The maximum Gasteiger partial charge on any atom is 0.319 e. The third-order valence-corrected chi connectivity index (χ3v) is 10.7. The number of aliphatic hydroxyl groups excluding tert-OH is 1. The highest BCUT2D eigenvalue weighted by Gasteiger charge is 2.51. The first-order chi connectivity index (χ1) is 21.1. The summed E-state index contributed by atoms with van der Waals surface area (Å²) in [6.07, 6.45) is 4.30. The van der Waals surface area contributed by atoms with Gasteiger partial charge in [0.05, 0.1) is 17.8 Å². The molecule has 1 N–H and O–H groups in total. The number of hydrogen-bond donors (Lipinski definition) is 1. The Balaban J connectivity index is 1.91. The zero-order chi connectivity index (χ0) is 33.5. The second-order valence-corrected chi connectivity index (χ2v) is 15.1. The zero-order valence-electron chi connectivity index (χ0n) is 30.0. The molecule has 0 aromatic carbocycles. The van der Waals surface area contributed by atoms with Crippen LogP contribution in [0.1, 0.15) is 93.4 Å². The minimum atomic E-state index is -1.39. The number of likely N-dealkylation sites (N-methyl/N-ethyl adjacent to an activating group) is 2. The SMILES string of the molecule is CCN1C[C@H](C)C[C@@](C)(OC)[C@H](O[C@@H]2O[C@H](C)C[C@H](N(C)C)[C@H]2O)[C@@H](C)C(=O)C(C)(C)C(=O)OC[C@@H]1CCCN1CCCCC1. The molecule has 3 saturated heterocycles. The van der Waals surface area contributed by atoms with Gasteiger partial charge in [0, 0.05) is 31.7 Å². The Hall–Kier alpha value is -1.14. The molecule has 262 valence electrons. The van der Waals surface area contributed by atoms with Crippen LogP contribution in [0.3, 0.4) is 0 Å². The molecule has 0 aliphatic carbocycles. The molecule has 3 aliphatic heterocycles. The number of methoxy groups -OCH3 is 1. The number of ketones is 1. The number of esters is 1. The van der Waals surface area contributed by atoms with E-state index in [-0.39, 0.29) is 36.5 Å². The molecule has 0 amide bonds. The van der Waals surface area contributed by atoms with Gasteiger partial charge in [-0.25, -0.2) is 0 Å². The fourth-order valence-electron chi connectivity index (χ4n) is 7.86. The highest BCUT2D eigenvalue weighted by molar-refractivity contribution is 6.04. The number of Topliss-reactive ketones (excluding diaryl/α,β-unsaturated/α-hetero) is 1. The Morgan fingerprint density at radius 2 is 1.73 bits per heavy atom. The number of nitrogens with zero attached hydrogens (tertiary/aromatic N) is 3. The molecule has 3 heterocycles. The van der Waals surface area contributed by atoms with Crippen molar-refractivity contribution in [3.8, 4) is 0 Å². The quantitative estimate of drug-likeness (QED) is 0.295. The smallest absolute Gasteiger partial charge is 0.319 e. The number of cyclic esters (lactones) is 1. The molecule has 0 aromatic rings. The van der Waals surface area contributed by atoms with E-state index >= 15 is 0 Å². The molecule has 3 rings (SSSR count). The van der Waals surface area contributed by atoms with Gasteiger partial charge in [0.2, 0.25) is 0 Å². The molecule has 0 aromatic heterocycles. The number of ether oxygens (including phenoxy) is 4. The molecule has 10 heteroatoms. The molecule has 3 fully saturated rings. The lowest BCUT2D eigenvalue weighted by atomic mass is 9.74. The number of rotatable bonds is 9. The Bertz CT molecular complexity index is 942. The van der Waals surface area contributed by atoms with Crippen molar-refractivity contribution >= 4 is 11.8 Å². The highest BCUT2D eigenvalue weighted by Crippen LogP contribution is 2.38. The maximum absolute atomic E-state index is 14.2. The Morgan fingerprint density at radius 1 is 1.07 bits per heavy atom. The molecule has 0 unspecified atom stereocenters. The van der Waals surface area contributed by atoms with Gasteiger partial charge >= 0.3 is 5.97 Å². The van der Waals surface area contributed by atoms with Gasteiger partial charge < -0.3 is 33.9 Å². The standard InChI is InChI=1S/C35H65N3O7/c1-11-38-22-24(2)21-35(7,42-10)31(45-32-29(39)28(36(8)9)20-25(3)44-32)26(4)30(40)34(5,6)33(41)43-23-27(38)16-15-19-37-17-13-12-14-18-37/h24-29,31-32,39H,11-23H2,1-10H3/t24-,25-,26+,27+,28+,29-,31-,32+,35-/m1/s1. The van der Waals surface area contributed by atoms with Crippen LogP contribution in [-0.4, -0.2) is 134 Å². The fourth-order valence-corrected chi connectivity index (χ4v) is 7.86. The summed E-state index contributed by atoms with van der Waals surface area (Å²) < 4.78 is 25.1. The first-order valence-corrected chi connectivity index (χ1v) is 17.5. The second kappa shape index (κ2) is 16.8. The van der Waals surface area contributed by atoms with Crippen molar-refractivity contribution in [2.75, 3.05) is 60.5 Å². The third-order valence-electron chi connectivity index (χ3n) is 10.7. The summed E-state index contributed by atoms with van der Waals surface area (Å²) in [5, 5.41) is 11.3. The van der Waals surface area contributed by atoms with Gasteiger partial charge in [-0.05, 0) is 112 Å². The van der Waals surface area contributed by atoms with Gasteiger partial charge in [0.15, 0.2) is 12.1 Å². The normalized spacial score (nSPS) is 38.3. The Labute approximate surface area is 273 Å². The molecule has 9 atom stereocenters. The van der Waals surface area contributed by atoms with Crippen molar-refractivity contribution in [2.24, 2.45) is 17.3 Å². The Morgan fingerprint density at radius 3 is 2.33 bits per heavy atom. The molecule has 3 aliphatic rings. The number of piperidine rings is 1. The molecule has 10 nitrogen and oxygen atoms in total. The first kappa shape index (κ1) is 38.3. The van der Waals surface area contributed by atoms with E-state index in [0.29, 0.717) is 12.8 Å². The number of likely N-dealkylation sites (tertiary alicyclic amines) is 1. The molecule has 0 spiro atoms. The van der Waals surface area contributed by atoms with Gasteiger partial charge in [-0.3, -0.25) is 14.5 Å². The van der Waals surface area contributed by atoms with Gasteiger partial charge in [0.25, 0.3) is 0 Å². The van der Waals surface area contributed by atoms with Gasteiger partial charge in [-0.2, -0.15) is 0 Å². The van der Waals surface area contributed by atoms with Crippen molar-refractivity contribution < 1.29 is 33.6 Å². The van der Waals surface area contributed by atoms with Crippen molar-refractivity contribution in [1.82, 2.24) is 14.7 Å². The molecular weight excluding hydrogens is 574 g/mol. The van der Waals surface area contributed by atoms with E-state index in [1.807, 2.05) is 32.8 Å². The van der Waals surface area contributed by atoms with Crippen LogP contribution in [0.25, 0.3) is 0 Å². The van der Waals surface area contributed by atoms with Crippen LogP contribution in [0.5, 0.6) is 0 Å². The minimum absolute atomic E-state index is 0.0614. The molecule has 0 radical (unpaired) electrons. The Kier molecular flexibility index (Phi) is 14.3. The van der Waals surface area contributed by atoms with Gasteiger partial charge in [-0.15, -0.1) is 0 Å². The lowest BCUT2D eigenvalue weighted by Gasteiger charge is -2.47. The van der Waals surface area contributed by atoms with Crippen molar-refractivity contribution in [3.63, 3.8) is 0 Å². The van der Waals surface area contributed by atoms with Crippen molar-refractivity contribution in [1.29, 1.82) is 0 Å². The lowest BCUT2D eigenvalue weighted by molar-refractivity contribution is -0.295. The third kappa shape index (κ3) is 9.71. The van der Waals surface area contributed by atoms with Crippen LogP contribution in [-0.2, 0) is 28.5 Å². The van der Waals surface area contributed by atoms with E-state index in [4.69, 9.17) is 18.9 Å². The van der Waals surface area contributed by atoms with Crippen LogP contribution in [0, 0.1) is 17.3 Å². The van der Waals surface area contributed by atoms with Crippen LogP contribution in [0.2, 0.25) is 0 Å². The van der Waals surface area contributed by atoms with E-state index in [1.165, 1.54) is 32.4 Å². The summed E-state index contributed by atoms with van der Waals surface area (Å²) in [6.45, 7) is 18.7. The summed E-state index contributed by atoms with van der Waals surface area (Å²) in [4.78, 5) is 34.8. The zero-order valence-corrected chi connectivity index (χ0v) is 30.0. The van der Waals surface area contributed by atoms with Crippen LogP contribution >= 0.6 is 0 Å². The number of hydrogen-bond acceptors (Lipinski definition) is 10. The van der Waals surface area contributed by atoms with Gasteiger partial charge in [-0.1, -0.05) is 27.2 Å². The second-order valence-electron chi connectivity index (χ2n) is 15.1.